The van der Waals surface area contributed by atoms with Gasteiger partial charge in [-0.15, -0.1) is 11.3 Å². The number of nitrogens with one attached hydrogen (secondary N) is 1. The van der Waals surface area contributed by atoms with Crippen LogP contribution in [0, 0.1) is 0 Å². The minimum atomic E-state index is 0.414. The predicted molar refractivity (Wildman–Crippen MR) is 97.3 cm³/mol. The molecule has 2 rings (SSSR count). The maximum Gasteiger partial charge on any atom is 0.0701 e. The van der Waals surface area contributed by atoms with Gasteiger partial charge in [0.2, 0.25) is 0 Å². The second-order valence-electron chi connectivity index (χ2n) is 5.38. The number of thiophene rings is 1. The lowest BCUT2D eigenvalue weighted by Crippen LogP contribution is -2.19. The van der Waals surface area contributed by atoms with Crippen molar-refractivity contribution in [3.63, 3.8) is 0 Å². The van der Waals surface area contributed by atoms with Crippen LogP contribution in [0.5, 0.6) is 0 Å². The van der Waals surface area contributed by atoms with E-state index in [2.05, 4.69) is 82.8 Å². The van der Waals surface area contributed by atoms with Crippen LogP contribution in [0.3, 0.4) is 0 Å². The van der Waals surface area contributed by atoms with Crippen molar-refractivity contribution in [2.24, 2.45) is 0 Å². The van der Waals surface area contributed by atoms with E-state index < -0.39 is 0 Å². The Morgan fingerprint density at radius 2 is 2.00 bits per heavy atom. The van der Waals surface area contributed by atoms with Crippen LogP contribution in [0.4, 0.5) is 5.69 Å². The molecule has 0 aliphatic heterocycles. The molecule has 4 heteroatoms. The number of anilines is 1. The van der Waals surface area contributed by atoms with E-state index in [1.165, 1.54) is 27.0 Å². The first-order chi connectivity index (χ1) is 10.1. The Hall–Kier alpha value is -0.840. The molecular formula is C17H23BrN2S. The summed E-state index contributed by atoms with van der Waals surface area (Å²) >= 11 is 5.25. The third-order valence-electron chi connectivity index (χ3n) is 3.58. The quantitative estimate of drug-likeness (QED) is 0.723. The predicted octanol–water partition coefficient (Wildman–Crippen LogP) is 5.21. The van der Waals surface area contributed by atoms with Crippen LogP contribution < -0.4 is 10.2 Å². The van der Waals surface area contributed by atoms with Crippen molar-refractivity contribution in [2.45, 2.75) is 32.9 Å². The van der Waals surface area contributed by atoms with E-state index in [0.717, 1.165) is 13.1 Å². The van der Waals surface area contributed by atoms with Gasteiger partial charge in [0.1, 0.15) is 0 Å². The minimum absolute atomic E-state index is 0.414. The zero-order valence-electron chi connectivity index (χ0n) is 12.9. The smallest absolute Gasteiger partial charge is 0.0701 e. The summed E-state index contributed by atoms with van der Waals surface area (Å²) in [5.74, 6) is 0. The number of rotatable bonds is 7. The Morgan fingerprint density at radius 1 is 1.29 bits per heavy atom. The molecule has 1 aromatic heterocycles. The minimum Gasteiger partial charge on any atom is -0.370 e. The van der Waals surface area contributed by atoms with Gasteiger partial charge in [0, 0.05) is 25.3 Å². The molecule has 0 bridgehead atoms. The SMILES string of the molecule is CCCNC(C)c1ccc(N(C)Cc2csc(Br)c2)cc1. The van der Waals surface area contributed by atoms with Crippen molar-refractivity contribution in [3.8, 4) is 0 Å². The van der Waals surface area contributed by atoms with Crippen molar-refractivity contribution < 1.29 is 0 Å². The highest BCUT2D eigenvalue weighted by atomic mass is 79.9. The average Bonchev–Trinajstić information content (AvgIpc) is 2.90. The summed E-state index contributed by atoms with van der Waals surface area (Å²) in [5, 5.41) is 5.72. The lowest BCUT2D eigenvalue weighted by atomic mass is 10.1. The number of hydrogen-bond acceptors (Lipinski definition) is 3. The van der Waals surface area contributed by atoms with E-state index in [-0.39, 0.29) is 0 Å². The van der Waals surface area contributed by atoms with Gasteiger partial charge in [0.05, 0.1) is 3.79 Å². The molecule has 0 aliphatic rings. The molecule has 1 heterocycles. The van der Waals surface area contributed by atoms with Crippen molar-refractivity contribution in [3.05, 3.63) is 50.6 Å². The van der Waals surface area contributed by atoms with Crippen LogP contribution in [-0.4, -0.2) is 13.6 Å². The van der Waals surface area contributed by atoms with Crippen LogP contribution in [0.25, 0.3) is 0 Å². The molecule has 1 atom stereocenters. The fourth-order valence-corrected chi connectivity index (χ4v) is 3.49. The van der Waals surface area contributed by atoms with E-state index in [1.54, 1.807) is 11.3 Å². The second kappa shape index (κ2) is 7.97. The van der Waals surface area contributed by atoms with Gasteiger partial charge in [-0.1, -0.05) is 19.1 Å². The standard InChI is InChI=1S/C17H23BrN2S/c1-4-9-19-13(2)15-5-7-16(8-6-15)20(3)11-14-10-17(18)21-12-14/h5-8,10,12-13,19H,4,9,11H2,1-3H3. The molecular weight excluding hydrogens is 344 g/mol. The Labute approximate surface area is 140 Å². The molecule has 114 valence electrons. The monoisotopic (exact) mass is 366 g/mol. The Morgan fingerprint density at radius 3 is 2.57 bits per heavy atom. The fourth-order valence-electron chi connectivity index (χ4n) is 2.29. The molecule has 0 spiro atoms. The molecule has 0 fully saturated rings. The highest BCUT2D eigenvalue weighted by Crippen LogP contribution is 2.24. The number of hydrogen-bond donors (Lipinski definition) is 1. The molecule has 1 N–H and O–H groups in total. The summed E-state index contributed by atoms with van der Waals surface area (Å²) in [5.41, 5.74) is 3.94. The zero-order chi connectivity index (χ0) is 15.2. The molecule has 0 saturated heterocycles. The third kappa shape index (κ3) is 4.83. The van der Waals surface area contributed by atoms with Gasteiger partial charge >= 0.3 is 0 Å². The average molecular weight is 367 g/mol. The topological polar surface area (TPSA) is 15.3 Å². The number of benzene rings is 1. The molecule has 0 saturated carbocycles. The van der Waals surface area contributed by atoms with E-state index >= 15 is 0 Å². The van der Waals surface area contributed by atoms with Gasteiger partial charge < -0.3 is 10.2 Å². The highest BCUT2D eigenvalue weighted by Gasteiger charge is 2.07. The second-order valence-corrected chi connectivity index (χ2v) is 7.67. The fraction of sp³-hybridized carbons (Fsp3) is 0.412. The maximum atomic E-state index is 3.52. The number of nitrogens with zero attached hydrogens (tertiary/aromatic N) is 1. The highest BCUT2D eigenvalue weighted by molar-refractivity contribution is 9.11. The summed E-state index contributed by atoms with van der Waals surface area (Å²) in [7, 11) is 2.14. The first kappa shape index (κ1) is 16.5. The third-order valence-corrected chi connectivity index (χ3v) is 5.13. The molecule has 1 unspecified atom stereocenters. The lowest BCUT2D eigenvalue weighted by Gasteiger charge is -2.20. The van der Waals surface area contributed by atoms with E-state index in [0.29, 0.717) is 6.04 Å². The van der Waals surface area contributed by atoms with E-state index in [4.69, 9.17) is 0 Å². The molecule has 2 aromatic rings. The van der Waals surface area contributed by atoms with Crippen molar-refractivity contribution >= 4 is 33.0 Å². The number of halogens is 1. The summed E-state index contributed by atoms with van der Waals surface area (Å²) < 4.78 is 1.19. The van der Waals surface area contributed by atoms with Crippen LogP contribution in [0.2, 0.25) is 0 Å². The summed E-state index contributed by atoms with van der Waals surface area (Å²) in [6.45, 7) is 6.42. The normalized spacial score (nSPS) is 12.4. The van der Waals surface area contributed by atoms with Gasteiger partial charge in [-0.05, 0) is 70.5 Å². The van der Waals surface area contributed by atoms with Crippen LogP contribution >= 0.6 is 27.3 Å². The zero-order valence-corrected chi connectivity index (χ0v) is 15.3. The molecule has 1 aromatic carbocycles. The van der Waals surface area contributed by atoms with Crippen molar-refractivity contribution in [1.29, 1.82) is 0 Å². The van der Waals surface area contributed by atoms with Gasteiger partial charge in [-0.3, -0.25) is 0 Å². The lowest BCUT2D eigenvalue weighted by molar-refractivity contribution is 0.571. The van der Waals surface area contributed by atoms with Gasteiger partial charge in [0.25, 0.3) is 0 Å². The molecule has 2 nitrogen and oxygen atoms in total. The summed E-state index contributed by atoms with van der Waals surface area (Å²) in [6.07, 6.45) is 1.17. The summed E-state index contributed by atoms with van der Waals surface area (Å²) in [6, 6.07) is 11.5. The van der Waals surface area contributed by atoms with Crippen LogP contribution in [-0.2, 0) is 6.54 Å². The molecule has 0 radical (unpaired) electrons. The Kier molecular flexibility index (Phi) is 6.27. The summed E-state index contributed by atoms with van der Waals surface area (Å²) in [4.78, 5) is 2.28. The molecule has 21 heavy (non-hydrogen) atoms. The molecule has 0 aliphatic carbocycles. The van der Waals surface area contributed by atoms with Crippen molar-refractivity contribution in [1.82, 2.24) is 5.32 Å². The first-order valence-corrected chi connectivity index (χ1v) is 9.04. The largest absolute Gasteiger partial charge is 0.370 e. The van der Waals surface area contributed by atoms with Crippen LogP contribution in [0.1, 0.15) is 37.4 Å². The Bertz CT molecular complexity index is 550. The van der Waals surface area contributed by atoms with E-state index in [1.807, 2.05) is 0 Å². The van der Waals surface area contributed by atoms with Gasteiger partial charge in [0.15, 0.2) is 0 Å². The van der Waals surface area contributed by atoms with Crippen LogP contribution in [0.15, 0.2) is 39.5 Å². The Balaban J connectivity index is 1.97. The maximum absolute atomic E-state index is 3.52. The van der Waals surface area contributed by atoms with Gasteiger partial charge in [-0.25, -0.2) is 0 Å². The van der Waals surface area contributed by atoms with Crippen molar-refractivity contribution in [2.75, 3.05) is 18.5 Å². The molecule has 0 amide bonds. The van der Waals surface area contributed by atoms with E-state index in [9.17, 15) is 0 Å². The van der Waals surface area contributed by atoms with Gasteiger partial charge in [-0.2, -0.15) is 0 Å². The first-order valence-electron chi connectivity index (χ1n) is 7.37.